The Labute approximate surface area is 600 Å². The van der Waals surface area contributed by atoms with Gasteiger partial charge >= 0.3 is 39.5 Å². The SMILES string of the molecule is CC(C)CCCCCCCCCCCCCCCCCCCCC(=O)OC[C@H](COP(=O)(O)OCC(O)COP(=O)(O)OC[C@@H](COC(=O)CCCCCCCCCC(C)C)OC(=O)CCCCCCCCCCCCCCCCC(C)C)OC(=O)CCCCCCCCCC(C)C. The van der Waals surface area contributed by atoms with Gasteiger partial charge in [0.25, 0.3) is 0 Å². The number of hydrogen-bond acceptors (Lipinski definition) is 15. The zero-order valence-electron chi connectivity index (χ0n) is 64.4. The zero-order chi connectivity index (χ0) is 72.4. The van der Waals surface area contributed by atoms with Crippen LogP contribution in [0.3, 0.4) is 0 Å². The summed E-state index contributed by atoms with van der Waals surface area (Å²) in [6.45, 7) is 14.2. The summed E-state index contributed by atoms with van der Waals surface area (Å²) < 4.78 is 68.5. The molecule has 19 heteroatoms. The minimum Gasteiger partial charge on any atom is -0.462 e. The lowest BCUT2D eigenvalue weighted by molar-refractivity contribution is -0.161. The second kappa shape index (κ2) is 68.2. The van der Waals surface area contributed by atoms with Crippen molar-refractivity contribution in [3.63, 3.8) is 0 Å². The van der Waals surface area contributed by atoms with E-state index in [-0.39, 0.29) is 25.7 Å². The second-order valence-corrected chi connectivity index (χ2v) is 33.3. The van der Waals surface area contributed by atoms with Crippen molar-refractivity contribution >= 4 is 39.5 Å². The van der Waals surface area contributed by atoms with Crippen LogP contribution in [0.15, 0.2) is 0 Å². The molecule has 98 heavy (non-hydrogen) atoms. The van der Waals surface area contributed by atoms with Crippen molar-refractivity contribution in [2.24, 2.45) is 23.7 Å². The van der Waals surface area contributed by atoms with Gasteiger partial charge in [0.2, 0.25) is 0 Å². The van der Waals surface area contributed by atoms with Gasteiger partial charge in [-0.25, -0.2) is 9.13 Å². The van der Waals surface area contributed by atoms with Gasteiger partial charge in [0, 0.05) is 25.7 Å². The first-order valence-corrected chi connectivity index (χ1v) is 43.7. The molecule has 3 N–H and O–H groups in total. The Morgan fingerprint density at radius 3 is 0.633 bits per heavy atom. The van der Waals surface area contributed by atoms with E-state index in [2.05, 4.69) is 55.4 Å². The summed E-state index contributed by atoms with van der Waals surface area (Å²) in [5.74, 6) is 0.898. The Morgan fingerprint density at radius 1 is 0.255 bits per heavy atom. The lowest BCUT2D eigenvalue weighted by Gasteiger charge is -2.21. The molecule has 0 bridgehead atoms. The molecule has 0 spiro atoms. The van der Waals surface area contributed by atoms with Gasteiger partial charge in [-0.15, -0.1) is 0 Å². The van der Waals surface area contributed by atoms with E-state index in [1.54, 1.807) is 0 Å². The van der Waals surface area contributed by atoms with Crippen LogP contribution in [0.1, 0.15) is 402 Å². The molecule has 5 atom stereocenters. The lowest BCUT2D eigenvalue weighted by atomic mass is 10.0. The van der Waals surface area contributed by atoms with Crippen LogP contribution in [-0.4, -0.2) is 96.7 Å². The summed E-state index contributed by atoms with van der Waals surface area (Å²) in [6, 6.07) is 0. The van der Waals surface area contributed by atoms with Gasteiger partial charge < -0.3 is 33.8 Å². The van der Waals surface area contributed by atoms with Crippen LogP contribution < -0.4 is 0 Å². The van der Waals surface area contributed by atoms with Gasteiger partial charge in [0.05, 0.1) is 26.4 Å². The van der Waals surface area contributed by atoms with Crippen molar-refractivity contribution in [1.82, 2.24) is 0 Å². The van der Waals surface area contributed by atoms with Crippen LogP contribution in [0.4, 0.5) is 0 Å². The highest BCUT2D eigenvalue weighted by Gasteiger charge is 2.30. The predicted molar refractivity (Wildman–Crippen MR) is 400 cm³/mol. The van der Waals surface area contributed by atoms with Crippen LogP contribution in [0.2, 0.25) is 0 Å². The minimum absolute atomic E-state index is 0.104. The Bertz CT molecular complexity index is 1920. The molecule has 17 nitrogen and oxygen atoms in total. The van der Waals surface area contributed by atoms with Gasteiger partial charge in [-0.05, 0) is 49.4 Å². The number of ether oxygens (including phenoxy) is 4. The van der Waals surface area contributed by atoms with Crippen molar-refractivity contribution < 1.29 is 80.2 Å². The molecule has 0 aromatic heterocycles. The van der Waals surface area contributed by atoms with Crippen LogP contribution in [0.25, 0.3) is 0 Å². The molecule has 3 unspecified atom stereocenters. The highest BCUT2D eigenvalue weighted by Crippen LogP contribution is 2.45. The smallest absolute Gasteiger partial charge is 0.462 e. The predicted octanol–water partition coefficient (Wildman–Crippen LogP) is 23.2. The summed E-state index contributed by atoms with van der Waals surface area (Å²) in [7, 11) is -9.91. The maximum atomic E-state index is 13.1. The van der Waals surface area contributed by atoms with Crippen molar-refractivity contribution in [3.05, 3.63) is 0 Å². The summed E-state index contributed by atoms with van der Waals surface area (Å²) in [4.78, 5) is 72.8. The molecule has 0 fully saturated rings. The lowest BCUT2D eigenvalue weighted by Crippen LogP contribution is -2.30. The number of phosphoric acid groups is 2. The Morgan fingerprint density at radius 2 is 0.429 bits per heavy atom. The van der Waals surface area contributed by atoms with E-state index < -0.39 is 97.5 Å². The van der Waals surface area contributed by atoms with Crippen molar-refractivity contribution in [1.29, 1.82) is 0 Å². The normalized spacial score (nSPS) is 14.1. The maximum Gasteiger partial charge on any atom is 0.472 e. The Kier molecular flexibility index (Phi) is 66.8. The van der Waals surface area contributed by atoms with E-state index >= 15 is 0 Å². The molecule has 0 radical (unpaired) electrons. The van der Waals surface area contributed by atoms with E-state index in [0.717, 1.165) is 108 Å². The highest BCUT2D eigenvalue weighted by molar-refractivity contribution is 7.47. The summed E-state index contributed by atoms with van der Waals surface area (Å²) in [6.07, 6.45) is 54.5. The second-order valence-electron chi connectivity index (χ2n) is 30.4. The maximum absolute atomic E-state index is 13.1. The average molecular weight is 1440 g/mol. The number of aliphatic hydroxyl groups excluding tert-OH is 1. The van der Waals surface area contributed by atoms with Gasteiger partial charge in [0.15, 0.2) is 12.2 Å². The van der Waals surface area contributed by atoms with Crippen LogP contribution >= 0.6 is 15.6 Å². The van der Waals surface area contributed by atoms with E-state index in [1.165, 1.54) is 199 Å². The topological polar surface area (TPSA) is 237 Å². The molecule has 0 rings (SSSR count). The summed E-state index contributed by atoms with van der Waals surface area (Å²) >= 11 is 0. The standard InChI is InChI=1S/C79H154O17P2/c1-69(2)55-47-39-31-25-21-17-13-11-9-10-12-14-19-23-27-35-43-51-59-76(81)89-65-75(96-79(84)62-54-46-38-30-34-42-50-58-72(7)8)68-94-98(87,88)92-64-73(80)63-91-97(85,86)93-67-74(66-90-77(82)60-52-44-37-29-33-41-49-57-71(5)6)95-78(83)61-53-45-36-28-24-20-16-15-18-22-26-32-40-48-56-70(3)4/h69-75,80H,9-68H2,1-8H3,(H,85,86)(H,87,88)/t73?,74-,75-/m1/s1. The van der Waals surface area contributed by atoms with E-state index in [1.807, 2.05) is 0 Å². The summed E-state index contributed by atoms with van der Waals surface area (Å²) in [5.41, 5.74) is 0. The van der Waals surface area contributed by atoms with Gasteiger partial charge in [0.1, 0.15) is 19.3 Å². The van der Waals surface area contributed by atoms with Gasteiger partial charge in [-0.2, -0.15) is 0 Å². The molecule has 0 aromatic rings. The first-order chi connectivity index (χ1) is 47.1. The molecular weight excluding hydrogens is 1280 g/mol. The molecule has 582 valence electrons. The van der Waals surface area contributed by atoms with Crippen LogP contribution in [-0.2, 0) is 65.4 Å². The quantitative estimate of drug-likeness (QED) is 0.0222. The summed E-state index contributed by atoms with van der Waals surface area (Å²) in [5, 5.41) is 10.6. The number of esters is 4. The fraction of sp³-hybridized carbons (Fsp3) is 0.949. The number of phosphoric ester groups is 2. The van der Waals surface area contributed by atoms with Gasteiger partial charge in [-0.1, -0.05) is 351 Å². The molecular formula is C79H154O17P2. The molecule has 0 aliphatic heterocycles. The minimum atomic E-state index is -4.96. The molecule has 0 saturated carbocycles. The number of unbranched alkanes of at least 4 members (excludes halogenated alkanes) is 42. The number of rotatable bonds is 76. The number of hydrogen-bond donors (Lipinski definition) is 3. The largest absolute Gasteiger partial charge is 0.472 e. The fourth-order valence-electron chi connectivity index (χ4n) is 12.1. The number of carbonyl (C=O) groups is 4. The highest BCUT2D eigenvalue weighted by atomic mass is 31.2. The molecule has 0 aliphatic rings. The molecule has 0 amide bonds. The Balaban J connectivity index is 5.14. The first kappa shape index (κ1) is 96.1. The first-order valence-electron chi connectivity index (χ1n) is 40.7. The molecule has 0 aliphatic carbocycles. The van der Waals surface area contributed by atoms with Crippen molar-refractivity contribution in [3.8, 4) is 0 Å². The third-order valence-electron chi connectivity index (χ3n) is 18.3. The van der Waals surface area contributed by atoms with E-state index in [0.29, 0.717) is 37.5 Å². The zero-order valence-corrected chi connectivity index (χ0v) is 66.2. The fourth-order valence-corrected chi connectivity index (χ4v) is 13.7. The average Bonchev–Trinajstić information content (AvgIpc) is 1.38. The number of aliphatic hydroxyl groups is 1. The van der Waals surface area contributed by atoms with Crippen molar-refractivity contribution in [2.75, 3.05) is 39.6 Å². The molecule has 0 heterocycles. The van der Waals surface area contributed by atoms with Crippen LogP contribution in [0.5, 0.6) is 0 Å². The van der Waals surface area contributed by atoms with Gasteiger partial charge in [-0.3, -0.25) is 37.3 Å². The molecule has 0 saturated heterocycles. The number of carbonyl (C=O) groups excluding carboxylic acids is 4. The third-order valence-corrected chi connectivity index (χ3v) is 20.2. The monoisotopic (exact) mass is 1440 g/mol. The van der Waals surface area contributed by atoms with E-state index in [4.69, 9.17) is 37.0 Å². The van der Waals surface area contributed by atoms with E-state index in [9.17, 15) is 43.2 Å². The molecule has 0 aromatic carbocycles. The Hall–Kier alpha value is -1.94. The van der Waals surface area contributed by atoms with Crippen LogP contribution in [0, 0.1) is 23.7 Å². The third kappa shape index (κ3) is 72.4. The van der Waals surface area contributed by atoms with Crippen molar-refractivity contribution in [2.45, 2.75) is 420 Å².